The zero-order chi connectivity index (χ0) is 15.2. The maximum atomic E-state index is 12.8. The summed E-state index contributed by atoms with van der Waals surface area (Å²) in [4.78, 5) is 11.6. The lowest BCUT2D eigenvalue weighted by atomic mass is 9.85. The van der Waals surface area contributed by atoms with E-state index >= 15 is 0 Å². The highest BCUT2D eigenvalue weighted by Gasteiger charge is 2.51. The molecule has 21 heavy (non-hydrogen) atoms. The number of rotatable bonds is 3. The van der Waals surface area contributed by atoms with Gasteiger partial charge in [-0.3, -0.25) is 9.48 Å². The van der Waals surface area contributed by atoms with Crippen LogP contribution < -0.4 is 0 Å². The lowest BCUT2D eigenvalue weighted by Gasteiger charge is -2.31. The predicted octanol–water partition coefficient (Wildman–Crippen LogP) is 0.826. The van der Waals surface area contributed by atoms with Crippen molar-refractivity contribution in [3.8, 4) is 0 Å². The van der Waals surface area contributed by atoms with Crippen LogP contribution in [0.2, 0.25) is 0 Å². The summed E-state index contributed by atoms with van der Waals surface area (Å²) in [5, 5.41) is 13.3. The maximum Gasteiger partial charge on any atom is 0.322 e. The molecule has 1 aromatic rings. The number of carboxylic acids is 1. The third kappa shape index (κ3) is 2.36. The third-order valence-electron chi connectivity index (χ3n) is 4.57. The minimum atomic E-state index is -3.81. The summed E-state index contributed by atoms with van der Waals surface area (Å²) in [5.41, 5.74) is 0. The average Bonchev–Trinajstić information content (AvgIpc) is 3.02. The Morgan fingerprint density at radius 2 is 2.10 bits per heavy atom. The number of aryl methyl sites for hydroxylation is 1. The maximum absolute atomic E-state index is 12.8. The highest BCUT2D eigenvalue weighted by Crippen LogP contribution is 2.42. The van der Waals surface area contributed by atoms with Crippen LogP contribution in [0.3, 0.4) is 0 Å². The molecule has 116 valence electrons. The van der Waals surface area contributed by atoms with Crippen LogP contribution in [0.5, 0.6) is 0 Å². The minimum absolute atomic E-state index is 0.0717. The number of hydrogen-bond donors (Lipinski definition) is 1. The molecule has 0 radical (unpaired) electrons. The summed E-state index contributed by atoms with van der Waals surface area (Å²) in [6.07, 6.45) is 6.77. The molecule has 7 nitrogen and oxygen atoms in total. The Kier molecular flexibility index (Phi) is 3.53. The molecule has 1 N–H and O–H groups in total. The van der Waals surface area contributed by atoms with E-state index in [2.05, 4.69) is 5.10 Å². The fourth-order valence-electron chi connectivity index (χ4n) is 3.63. The molecular formula is C13H19N3O4S. The highest BCUT2D eigenvalue weighted by molar-refractivity contribution is 7.89. The molecule has 0 spiro atoms. The van der Waals surface area contributed by atoms with Gasteiger partial charge in [0.1, 0.15) is 10.9 Å². The molecule has 1 saturated carbocycles. The largest absolute Gasteiger partial charge is 0.480 e. The zero-order valence-corrected chi connectivity index (χ0v) is 12.7. The van der Waals surface area contributed by atoms with Crippen LogP contribution in [0.4, 0.5) is 0 Å². The molecular weight excluding hydrogens is 294 g/mol. The van der Waals surface area contributed by atoms with Crippen molar-refractivity contribution in [1.82, 2.24) is 14.1 Å². The summed E-state index contributed by atoms with van der Waals surface area (Å²) in [6.45, 7) is 0. The number of aromatic nitrogens is 2. The van der Waals surface area contributed by atoms with Gasteiger partial charge in [0.15, 0.2) is 0 Å². The molecule has 0 bridgehead atoms. The lowest BCUT2D eigenvalue weighted by Crippen LogP contribution is -2.46. The van der Waals surface area contributed by atoms with Crippen LogP contribution in [-0.4, -0.2) is 45.7 Å². The van der Waals surface area contributed by atoms with E-state index in [4.69, 9.17) is 0 Å². The summed E-state index contributed by atoms with van der Waals surface area (Å²) in [5.74, 6) is -0.900. The first-order valence-electron chi connectivity index (χ1n) is 7.16. The summed E-state index contributed by atoms with van der Waals surface area (Å²) < 4.78 is 28.3. The molecule has 8 heteroatoms. The normalized spacial score (nSPS) is 30.2. The number of carboxylic acid groups (broad SMARTS) is 1. The van der Waals surface area contributed by atoms with Crippen molar-refractivity contribution in [2.24, 2.45) is 13.0 Å². The molecule has 0 aromatic carbocycles. The summed E-state index contributed by atoms with van der Waals surface area (Å²) in [7, 11) is -2.17. The first-order chi connectivity index (χ1) is 9.91. The fraction of sp³-hybridized carbons (Fsp3) is 0.692. The van der Waals surface area contributed by atoms with E-state index in [1.54, 1.807) is 7.05 Å². The van der Waals surface area contributed by atoms with E-state index < -0.39 is 22.0 Å². The Balaban J connectivity index is 2.02. The van der Waals surface area contributed by atoms with Crippen LogP contribution in [-0.2, 0) is 21.9 Å². The molecule has 3 rings (SSSR count). The van der Waals surface area contributed by atoms with Gasteiger partial charge < -0.3 is 5.11 Å². The molecule has 1 aliphatic heterocycles. The predicted molar refractivity (Wildman–Crippen MR) is 74.0 cm³/mol. The molecule has 0 amide bonds. The van der Waals surface area contributed by atoms with Crippen molar-refractivity contribution in [2.45, 2.75) is 49.1 Å². The molecule has 1 aliphatic carbocycles. The third-order valence-corrected chi connectivity index (χ3v) is 6.46. The van der Waals surface area contributed by atoms with Gasteiger partial charge in [-0.05, 0) is 25.2 Å². The Labute approximate surface area is 123 Å². The summed E-state index contributed by atoms with van der Waals surface area (Å²) in [6, 6.07) is -1.15. The SMILES string of the molecule is Cn1cc(S(=O)(=O)N2[C@H](C(=O)O)C[C@H]3CCCC[C@@H]32)cn1. The Morgan fingerprint density at radius 3 is 2.71 bits per heavy atom. The van der Waals surface area contributed by atoms with Gasteiger partial charge in [0.2, 0.25) is 10.0 Å². The van der Waals surface area contributed by atoms with Crippen LogP contribution in [0.25, 0.3) is 0 Å². The number of fused-ring (bicyclic) bond motifs is 1. The van der Waals surface area contributed by atoms with Gasteiger partial charge in [0, 0.05) is 19.3 Å². The monoisotopic (exact) mass is 313 g/mol. The van der Waals surface area contributed by atoms with E-state index in [0.717, 1.165) is 25.7 Å². The van der Waals surface area contributed by atoms with E-state index in [-0.39, 0.29) is 16.9 Å². The molecule has 2 aliphatic rings. The second kappa shape index (κ2) is 5.10. The molecule has 0 unspecified atom stereocenters. The van der Waals surface area contributed by atoms with Gasteiger partial charge in [-0.2, -0.15) is 9.40 Å². The second-order valence-corrected chi connectivity index (χ2v) is 7.73. The van der Waals surface area contributed by atoms with Crippen LogP contribution in [0.1, 0.15) is 32.1 Å². The second-order valence-electron chi connectivity index (χ2n) is 5.89. The van der Waals surface area contributed by atoms with Crippen molar-refractivity contribution < 1.29 is 18.3 Å². The van der Waals surface area contributed by atoms with Crippen molar-refractivity contribution in [1.29, 1.82) is 0 Å². The van der Waals surface area contributed by atoms with Crippen LogP contribution in [0.15, 0.2) is 17.3 Å². The number of hydrogen-bond acceptors (Lipinski definition) is 4. The first kappa shape index (κ1) is 14.5. The fourth-order valence-corrected chi connectivity index (χ4v) is 5.48. The van der Waals surface area contributed by atoms with Gasteiger partial charge >= 0.3 is 5.97 Å². The number of sulfonamides is 1. The van der Waals surface area contributed by atoms with Gasteiger partial charge in [-0.15, -0.1) is 0 Å². The lowest BCUT2D eigenvalue weighted by molar-refractivity contribution is -0.141. The van der Waals surface area contributed by atoms with Gasteiger partial charge in [0.05, 0.1) is 6.20 Å². The van der Waals surface area contributed by atoms with Gasteiger partial charge in [-0.1, -0.05) is 12.8 Å². The Morgan fingerprint density at radius 1 is 1.38 bits per heavy atom. The van der Waals surface area contributed by atoms with E-state index in [1.807, 2.05) is 0 Å². The smallest absolute Gasteiger partial charge is 0.322 e. The van der Waals surface area contributed by atoms with Crippen molar-refractivity contribution >= 4 is 16.0 Å². The molecule has 3 atom stereocenters. The minimum Gasteiger partial charge on any atom is -0.480 e. The van der Waals surface area contributed by atoms with Crippen molar-refractivity contribution in [3.05, 3.63) is 12.4 Å². The van der Waals surface area contributed by atoms with Crippen LogP contribution in [0, 0.1) is 5.92 Å². The van der Waals surface area contributed by atoms with E-state index in [9.17, 15) is 18.3 Å². The highest BCUT2D eigenvalue weighted by atomic mass is 32.2. The first-order valence-corrected chi connectivity index (χ1v) is 8.60. The number of aliphatic carboxylic acids is 1. The number of carbonyl (C=O) groups is 1. The topological polar surface area (TPSA) is 92.5 Å². The van der Waals surface area contributed by atoms with Gasteiger partial charge in [-0.25, -0.2) is 8.42 Å². The molecule has 2 heterocycles. The quantitative estimate of drug-likeness (QED) is 0.892. The van der Waals surface area contributed by atoms with Crippen molar-refractivity contribution in [2.75, 3.05) is 0 Å². The zero-order valence-electron chi connectivity index (χ0n) is 11.8. The van der Waals surface area contributed by atoms with E-state index in [0.29, 0.717) is 6.42 Å². The Bertz CT molecular complexity index is 654. The van der Waals surface area contributed by atoms with Crippen LogP contribution >= 0.6 is 0 Å². The molecule has 1 aromatic heterocycles. The van der Waals surface area contributed by atoms with E-state index in [1.165, 1.54) is 21.4 Å². The molecule has 1 saturated heterocycles. The average molecular weight is 313 g/mol. The molecule has 2 fully saturated rings. The van der Waals surface area contributed by atoms with Crippen molar-refractivity contribution in [3.63, 3.8) is 0 Å². The standard InChI is InChI=1S/C13H19N3O4S/c1-15-8-10(7-14-15)21(19,20)16-11-5-3-2-4-9(11)6-12(16)13(17)18/h7-9,11-12H,2-6H2,1H3,(H,17,18)/t9-,11+,12+/m1/s1. The number of nitrogens with zero attached hydrogens (tertiary/aromatic N) is 3. The van der Waals surface area contributed by atoms with Gasteiger partial charge in [0.25, 0.3) is 0 Å². The Hall–Kier alpha value is -1.41. The summed E-state index contributed by atoms with van der Waals surface area (Å²) >= 11 is 0.